The van der Waals surface area contributed by atoms with Gasteiger partial charge in [0.2, 0.25) is 11.8 Å². The molecule has 1 fully saturated rings. The molecule has 0 bridgehead atoms. The Morgan fingerprint density at radius 3 is 1.73 bits per heavy atom. The van der Waals surface area contributed by atoms with E-state index in [4.69, 9.17) is 4.74 Å². The fourth-order valence-electron chi connectivity index (χ4n) is 1.53. The van der Waals surface area contributed by atoms with E-state index in [-0.39, 0.29) is 11.8 Å². The number of ether oxygens (including phenoxy) is 1. The molecule has 5 nitrogen and oxygen atoms in total. The quantitative estimate of drug-likeness (QED) is 0.669. The van der Waals surface area contributed by atoms with Gasteiger partial charge in [-0.3, -0.25) is 9.59 Å². The lowest BCUT2D eigenvalue weighted by atomic mass is 10.4. The third-order valence-electron chi connectivity index (χ3n) is 2.37. The predicted molar refractivity (Wildman–Crippen MR) is 54.8 cm³/mol. The molecule has 1 heterocycles. The van der Waals surface area contributed by atoms with Gasteiger partial charge in [-0.15, -0.1) is 0 Å². The second-order valence-electron chi connectivity index (χ2n) is 3.35. The summed E-state index contributed by atoms with van der Waals surface area (Å²) < 4.78 is 5.26. The van der Waals surface area contributed by atoms with Gasteiger partial charge in [0.15, 0.2) is 0 Å². The van der Waals surface area contributed by atoms with E-state index in [9.17, 15) is 9.59 Å². The highest BCUT2D eigenvalue weighted by Gasteiger charge is 2.25. The molecule has 0 spiro atoms. The van der Waals surface area contributed by atoms with Crippen LogP contribution in [0.5, 0.6) is 0 Å². The van der Waals surface area contributed by atoms with Gasteiger partial charge in [-0.2, -0.15) is 0 Å². The van der Waals surface area contributed by atoms with Crippen molar-refractivity contribution in [2.75, 3.05) is 26.3 Å². The molecule has 0 aliphatic carbocycles. The zero-order chi connectivity index (χ0) is 11.3. The molecule has 0 radical (unpaired) electrons. The first-order chi connectivity index (χ1) is 7.20. The summed E-state index contributed by atoms with van der Waals surface area (Å²) >= 11 is 0. The Morgan fingerprint density at radius 2 is 1.40 bits per heavy atom. The van der Waals surface area contributed by atoms with Crippen LogP contribution in [0.3, 0.4) is 0 Å². The van der Waals surface area contributed by atoms with E-state index < -0.39 is 0 Å². The minimum absolute atomic E-state index is 0.0256. The molecule has 0 saturated carbocycles. The molecule has 0 N–H and O–H groups in total. The van der Waals surface area contributed by atoms with Gasteiger partial charge in [0.05, 0.1) is 26.3 Å². The fraction of sp³-hybridized carbons (Fsp3) is 0.800. The van der Waals surface area contributed by atoms with E-state index in [1.165, 1.54) is 10.0 Å². The smallest absolute Gasteiger partial charge is 0.240 e. The summed E-state index contributed by atoms with van der Waals surface area (Å²) in [6.45, 7) is 5.53. The van der Waals surface area contributed by atoms with Crippen LogP contribution in [0, 0.1) is 0 Å². The molecule has 86 valence electrons. The van der Waals surface area contributed by atoms with Crippen LogP contribution in [0.2, 0.25) is 0 Å². The fourth-order valence-corrected chi connectivity index (χ4v) is 1.53. The standard InChI is InChI=1S/C10H18N2O3/c1-3-9(13)11-5-7-15-8-6-12(11)10(14)4-2/h3-8H2,1-2H3. The number of carbonyl (C=O) groups is 2. The van der Waals surface area contributed by atoms with Crippen molar-refractivity contribution < 1.29 is 14.3 Å². The third kappa shape index (κ3) is 2.92. The van der Waals surface area contributed by atoms with Crippen LogP contribution in [0.4, 0.5) is 0 Å². The molecule has 15 heavy (non-hydrogen) atoms. The molecule has 0 aromatic carbocycles. The molecule has 0 aromatic rings. The Labute approximate surface area is 89.9 Å². The van der Waals surface area contributed by atoms with Gasteiger partial charge >= 0.3 is 0 Å². The van der Waals surface area contributed by atoms with Crippen LogP contribution in [-0.2, 0) is 14.3 Å². The average molecular weight is 214 g/mol. The summed E-state index contributed by atoms with van der Waals surface area (Å²) in [4.78, 5) is 23.3. The Bertz CT molecular complexity index is 219. The van der Waals surface area contributed by atoms with Gasteiger partial charge in [0.25, 0.3) is 0 Å². The Morgan fingerprint density at radius 1 is 1.00 bits per heavy atom. The van der Waals surface area contributed by atoms with Crippen LogP contribution in [0.1, 0.15) is 26.7 Å². The van der Waals surface area contributed by atoms with Crippen LogP contribution >= 0.6 is 0 Å². The number of nitrogens with zero attached hydrogens (tertiary/aromatic N) is 2. The van der Waals surface area contributed by atoms with Crippen molar-refractivity contribution in [2.24, 2.45) is 0 Å². The molecular weight excluding hydrogens is 196 g/mol. The molecule has 1 rings (SSSR count). The first-order valence-electron chi connectivity index (χ1n) is 5.39. The second-order valence-corrected chi connectivity index (χ2v) is 3.35. The lowest BCUT2D eigenvalue weighted by Crippen LogP contribution is -2.50. The molecule has 1 aliphatic rings. The molecule has 0 unspecified atom stereocenters. The van der Waals surface area contributed by atoms with Crippen molar-refractivity contribution in [1.29, 1.82) is 0 Å². The first kappa shape index (κ1) is 12.0. The van der Waals surface area contributed by atoms with Gasteiger partial charge in [0, 0.05) is 12.8 Å². The monoisotopic (exact) mass is 214 g/mol. The van der Waals surface area contributed by atoms with Crippen LogP contribution in [-0.4, -0.2) is 48.1 Å². The van der Waals surface area contributed by atoms with Crippen molar-refractivity contribution >= 4 is 11.8 Å². The SMILES string of the molecule is CCC(=O)N1CCOCCN1C(=O)CC. The summed E-state index contributed by atoms with van der Waals surface area (Å²) in [5.74, 6) is -0.0513. The number of hydrogen-bond acceptors (Lipinski definition) is 3. The van der Waals surface area contributed by atoms with Crippen LogP contribution in [0.25, 0.3) is 0 Å². The largest absolute Gasteiger partial charge is 0.378 e. The topological polar surface area (TPSA) is 49.9 Å². The summed E-state index contributed by atoms with van der Waals surface area (Å²) in [6.07, 6.45) is 0.820. The zero-order valence-corrected chi connectivity index (χ0v) is 9.36. The predicted octanol–water partition coefficient (Wildman–Crippen LogP) is 0.409. The molecule has 1 aliphatic heterocycles. The Hall–Kier alpha value is -1.10. The van der Waals surface area contributed by atoms with Crippen molar-refractivity contribution in [3.63, 3.8) is 0 Å². The second kappa shape index (κ2) is 5.70. The van der Waals surface area contributed by atoms with Gasteiger partial charge in [-0.05, 0) is 0 Å². The molecule has 0 aromatic heterocycles. The van der Waals surface area contributed by atoms with Crippen molar-refractivity contribution in [2.45, 2.75) is 26.7 Å². The average Bonchev–Trinajstić information content (AvgIpc) is 2.52. The molecular formula is C10H18N2O3. The number of hydrogen-bond donors (Lipinski definition) is 0. The van der Waals surface area contributed by atoms with E-state index in [1.807, 2.05) is 0 Å². The van der Waals surface area contributed by atoms with E-state index in [2.05, 4.69) is 0 Å². The summed E-state index contributed by atoms with van der Waals surface area (Å²) in [5, 5.41) is 3.03. The summed E-state index contributed by atoms with van der Waals surface area (Å²) in [7, 11) is 0. The Balaban J connectivity index is 2.75. The molecule has 0 atom stereocenters. The van der Waals surface area contributed by atoms with Crippen molar-refractivity contribution in [3.05, 3.63) is 0 Å². The Kier molecular flexibility index (Phi) is 4.55. The highest BCUT2D eigenvalue weighted by Crippen LogP contribution is 2.07. The molecule has 2 amide bonds. The highest BCUT2D eigenvalue weighted by molar-refractivity contribution is 5.82. The molecule has 5 heteroatoms. The van der Waals surface area contributed by atoms with Crippen LogP contribution < -0.4 is 0 Å². The maximum atomic E-state index is 11.6. The number of hydrazine groups is 1. The summed E-state index contributed by atoms with van der Waals surface area (Å²) in [5.41, 5.74) is 0. The van der Waals surface area contributed by atoms with Gasteiger partial charge in [-0.25, -0.2) is 10.0 Å². The van der Waals surface area contributed by atoms with Gasteiger partial charge in [-0.1, -0.05) is 13.8 Å². The van der Waals surface area contributed by atoms with E-state index in [1.54, 1.807) is 13.8 Å². The lowest BCUT2D eigenvalue weighted by molar-refractivity contribution is -0.162. The first-order valence-corrected chi connectivity index (χ1v) is 5.39. The van der Waals surface area contributed by atoms with E-state index >= 15 is 0 Å². The minimum atomic E-state index is -0.0256. The van der Waals surface area contributed by atoms with Crippen molar-refractivity contribution in [1.82, 2.24) is 10.0 Å². The maximum absolute atomic E-state index is 11.6. The normalized spacial score (nSPS) is 17.5. The third-order valence-corrected chi connectivity index (χ3v) is 2.37. The minimum Gasteiger partial charge on any atom is -0.378 e. The van der Waals surface area contributed by atoms with E-state index in [0.717, 1.165) is 0 Å². The number of amides is 2. The number of carbonyl (C=O) groups excluding carboxylic acids is 2. The maximum Gasteiger partial charge on any atom is 0.240 e. The zero-order valence-electron chi connectivity index (χ0n) is 9.36. The lowest BCUT2D eigenvalue weighted by Gasteiger charge is -2.32. The van der Waals surface area contributed by atoms with Crippen LogP contribution in [0.15, 0.2) is 0 Å². The highest BCUT2D eigenvalue weighted by atomic mass is 16.5. The van der Waals surface area contributed by atoms with Crippen molar-refractivity contribution in [3.8, 4) is 0 Å². The van der Waals surface area contributed by atoms with E-state index in [0.29, 0.717) is 39.1 Å². The summed E-state index contributed by atoms with van der Waals surface area (Å²) in [6, 6.07) is 0. The molecule has 1 saturated heterocycles. The number of rotatable bonds is 2. The van der Waals surface area contributed by atoms with Gasteiger partial charge < -0.3 is 4.74 Å². The van der Waals surface area contributed by atoms with Gasteiger partial charge in [0.1, 0.15) is 0 Å².